The molecule has 0 fully saturated rings. The number of carbonyl (C=O) groups is 1. The van der Waals surface area contributed by atoms with Gasteiger partial charge in [0.25, 0.3) is 5.91 Å². The highest BCUT2D eigenvalue weighted by Gasteiger charge is 2.13. The highest BCUT2D eigenvalue weighted by atomic mass is 79.9. The van der Waals surface area contributed by atoms with Gasteiger partial charge in [0.2, 0.25) is 0 Å². The minimum Gasteiger partial charge on any atom is -0.351 e. The summed E-state index contributed by atoms with van der Waals surface area (Å²) in [5, 5.41) is 2.38. The van der Waals surface area contributed by atoms with Gasteiger partial charge in [0, 0.05) is 16.8 Å². The third kappa shape index (κ3) is 4.38. The summed E-state index contributed by atoms with van der Waals surface area (Å²) in [6.45, 7) is 1.51. The van der Waals surface area contributed by atoms with Gasteiger partial charge in [-0.15, -0.1) is 0 Å². The number of amides is 1. The Morgan fingerprint density at radius 1 is 1.44 bits per heavy atom. The van der Waals surface area contributed by atoms with Crippen LogP contribution < -0.4 is 5.32 Å². The van der Waals surface area contributed by atoms with Gasteiger partial charge in [-0.1, -0.05) is 22.9 Å². The van der Waals surface area contributed by atoms with Crippen molar-refractivity contribution in [2.45, 2.75) is 6.92 Å². The van der Waals surface area contributed by atoms with Crippen LogP contribution in [0.4, 0.5) is 4.39 Å². The third-order valence-electron chi connectivity index (χ3n) is 2.31. The number of benzene rings is 1. The van der Waals surface area contributed by atoms with Crippen molar-refractivity contribution in [3.63, 3.8) is 0 Å². The second-order valence-corrected chi connectivity index (χ2v) is 7.00. The lowest BCUT2D eigenvalue weighted by Crippen LogP contribution is -2.30. The van der Waals surface area contributed by atoms with Crippen molar-refractivity contribution >= 4 is 31.7 Å². The number of hydrogen-bond acceptors (Lipinski definition) is 3. The normalized spacial score (nSPS) is 11.3. The fourth-order valence-corrected chi connectivity index (χ4v) is 2.27. The predicted octanol–water partition coefficient (Wildman–Crippen LogP) is 1.75. The zero-order valence-corrected chi connectivity index (χ0v) is 12.1. The van der Waals surface area contributed by atoms with Gasteiger partial charge in [-0.25, -0.2) is 12.8 Å². The molecule has 4 nitrogen and oxygen atoms in total. The first kappa shape index (κ1) is 15.1. The minimum atomic E-state index is -3.13. The maximum atomic E-state index is 13.4. The molecule has 1 N–H and O–H groups in total. The number of nitrogens with one attached hydrogen (secondary N) is 1. The number of halogens is 2. The molecular formula is C11H13BrFNO3S. The van der Waals surface area contributed by atoms with E-state index in [9.17, 15) is 17.6 Å². The highest BCUT2D eigenvalue weighted by Crippen LogP contribution is 2.15. The molecule has 0 heterocycles. The van der Waals surface area contributed by atoms with Crippen molar-refractivity contribution < 1.29 is 17.6 Å². The van der Waals surface area contributed by atoms with Crippen LogP contribution in [0.2, 0.25) is 0 Å². The molecule has 1 rings (SSSR count). The molecule has 0 spiro atoms. The first-order valence-electron chi connectivity index (χ1n) is 5.29. The van der Waals surface area contributed by atoms with Gasteiger partial charge in [0.15, 0.2) is 9.84 Å². The second-order valence-electron chi connectivity index (χ2n) is 3.62. The van der Waals surface area contributed by atoms with E-state index in [4.69, 9.17) is 0 Å². The van der Waals surface area contributed by atoms with Crippen molar-refractivity contribution in [3.8, 4) is 0 Å². The van der Waals surface area contributed by atoms with E-state index >= 15 is 0 Å². The Bertz CT molecular complexity index is 545. The van der Waals surface area contributed by atoms with Crippen LogP contribution in [0.5, 0.6) is 0 Å². The fourth-order valence-electron chi connectivity index (χ4n) is 1.23. The van der Waals surface area contributed by atoms with Crippen LogP contribution in [0.3, 0.4) is 0 Å². The van der Waals surface area contributed by atoms with Crippen LogP contribution in [0, 0.1) is 5.82 Å². The van der Waals surface area contributed by atoms with Gasteiger partial charge in [0.1, 0.15) is 5.82 Å². The molecule has 7 heteroatoms. The van der Waals surface area contributed by atoms with Gasteiger partial charge >= 0.3 is 0 Å². The summed E-state index contributed by atoms with van der Waals surface area (Å²) in [6, 6.07) is 4.06. The van der Waals surface area contributed by atoms with Crippen LogP contribution in [0.1, 0.15) is 17.3 Å². The number of carbonyl (C=O) groups excluding carboxylic acids is 1. The van der Waals surface area contributed by atoms with Gasteiger partial charge in [0.05, 0.1) is 11.3 Å². The Labute approximate surface area is 114 Å². The van der Waals surface area contributed by atoms with E-state index in [1.54, 1.807) is 6.07 Å². The molecule has 100 valence electrons. The van der Waals surface area contributed by atoms with Crippen LogP contribution in [-0.4, -0.2) is 32.4 Å². The topological polar surface area (TPSA) is 63.2 Å². The number of hydrogen-bond donors (Lipinski definition) is 1. The zero-order valence-electron chi connectivity index (χ0n) is 9.74. The largest absolute Gasteiger partial charge is 0.351 e. The molecule has 0 unspecified atom stereocenters. The second kappa shape index (κ2) is 6.29. The molecule has 0 aliphatic heterocycles. The summed E-state index contributed by atoms with van der Waals surface area (Å²) in [7, 11) is -3.13. The molecule has 0 aliphatic carbocycles. The molecule has 0 saturated carbocycles. The zero-order chi connectivity index (χ0) is 13.8. The summed E-state index contributed by atoms with van der Waals surface area (Å²) in [6.07, 6.45) is 0. The van der Waals surface area contributed by atoms with Crippen molar-refractivity contribution in [3.05, 3.63) is 34.1 Å². The van der Waals surface area contributed by atoms with Crippen LogP contribution >= 0.6 is 15.9 Å². The SMILES string of the molecule is CCS(=O)(=O)CCNC(=O)c1ccc(Br)cc1F. The number of sulfone groups is 1. The van der Waals surface area contributed by atoms with Gasteiger partial charge in [-0.05, 0) is 18.2 Å². The Balaban J connectivity index is 2.61. The average molecular weight is 338 g/mol. The molecule has 18 heavy (non-hydrogen) atoms. The summed E-state index contributed by atoms with van der Waals surface area (Å²) >= 11 is 3.08. The van der Waals surface area contributed by atoms with Crippen molar-refractivity contribution in [1.29, 1.82) is 0 Å². The highest BCUT2D eigenvalue weighted by molar-refractivity contribution is 9.10. The van der Waals surface area contributed by atoms with E-state index in [0.717, 1.165) is 0 Å². The standard InChI is InChI=1S/C11H13BrFNO3S/c1-2-18(16,17)6-5-14-11(15)9-4-3-8(12)7-10(9)13/h3-4,7H,2,5-6H2,1H3,(H,14,15). The fraction of sp³-hybridized carbons (Fsp3) is 0.364. The van der Waals surface area contributed by atoms with E-state index < -0.39 is 21.6 Å². The molecule has 0 saturated heterocycles. The Kier molecular flexibility index (Phi) is 5.28. The lowest BCUT2D eigenvalue weighted by Gasteiger charge is -2.06. The van der Waals surface area contributed by atoms with E-state index in [1.165, 1.54) is 19.1 Å². The van der Waals surface area contributed by atoms with Gasteiger partial charge < -0.3 is 5.32 Å². The van der Waals surface area contributed by atoms with Crippen molar-refractivity contribution in [2.75, 3.05) is 18.1 Å². The molecule has 0 radical (unpaired) electrons. The van der Waals surface area contributed by atoms with E-state index in [2.05, 4.69) is 21.2 Å². The Morgan fingerprint density at radius 2 is 2.11 bits per heavy atom. The number of rotatable bonds is 5. The maximum Gasteiger partial charge on any atom is 0.254 e. The Hall–Kier alpha value is -0.950. The van der Waals surface area contributed by atoms with Crippen molar-refractivity contribution in [1.82, 2.24) is 5.32 Å². The van der Waals surface area contributed by atoms with Gasteiger partial charge in [-0.2, -0.15) is 0 Å². The van der Waals surface area contributed by atoms with E-state index in [0.29, 0.717) is 4.47 Å². The minimum absolute atomic E-state index is 0.0233. The monoisotopic (exact) mass is 337 g/mol. The summed E-state index contributed by atoms with van der Waals surface area (Å²) in [5.74, 6) is -1.39. The summed E-state index contributed by atoms with van der Waals surface area (Å²) in [4.78, 5) is 11.6. The lowest BCUT2D eigenvalue weighted by molar-refractivity contribution is 0.0952. The predicted molar refractivity (Wildman–Crippen MR) is 70.8 cm³/mol. The van der Waals surface area contributed by atoms with Crippen LogP contribution in [0.25, 0.3) is 0 Å². The van der Waals surface area contributed by atoms with Crippen LogP contribution in [0.15, 0.2) is 22.7 Å². The maximum absolute atomic E-state index is 13.4. The van der Waals surface area contributed by atoms with Crippen LogP contribution in [-0.2, 0) is 9.84 Å². The first-order chi connectivity index (χ1) is 8.35. The molecule has 0 bridgehead atoms. The van der Waals surface area contributed by atoms with E-state index in [1.807, 2.05) is 0 Å². The smallest absolute Gasteiger partial charge is 0.254 e. The molecule has 1 amide bonds. The lowest BCUT2D eigenvalue weighted by atomic mass is 10.2. The average Bonchev–Trinajstić information content (AvgIpc) is 2.28. The van der Waals surface area contributed by atoms with Crippen molar-refractivity contribution in [2.24, 2.45) is 0 Å². The molecule has 0 atom stereocenters. The van der Waals surface area contributed by atoms with E-state index in [-0.39, 0.29) is 23.6 Å². The summed E-state index contributed by atoms with van der Waals surface area (Å²) in [5.41, 5.74) is -0.105. The first-order valence-corrected chi connectivity index (χ1v) is 7.91. The molecule has 0 aromatic heterocycles. The molecule has 1 aromatic carbocycles. The molecule has 1 aromatic rings. The quantitative estimate of drug-likeness (QED) is 0.890. The Morgan fingerprint density at radius 3 is 2.67 bits per heavy atom. The molecular weight excluding hydrogens is 325 g/mol. The molecule has 0 aliphatic rings. The summed E-state index contributed by atoms with van der Waals surface area (Å²) < 4.78 is 36.3. The van der Waals surface area contributed by atoms with Gasteiger partial charge in [-0.3, -0.25) is 4.79 Å². The third-order valence-corrected chi connectivity index (χ3v) is 4.51.